The number of benzene rings is 1. The number of nitrogens with zero attached hydrogens (tertiary/aromatic N) is 2. The predicted molar refractivity (Wildman–Crippen MR) is 103 cm³/mol. The second-order valence-electron chi connectivity index (χ2n) is 5.29. The number of aromatic nitrogens is 2. The maximum Gasteiger partial charge on any atom is 0.338 e. The molecule has 2 rings (SSSR count). The van der Waals surface area contributed by atoms with Crippen molar-refractivity contribution in [1.29, 1.82) is 0 Å². The van der Waals surface area contributed by atoms with Crippen LogP contribution >= 0.6 is 11.8 Å². The van der Waals surface area contributed by atoms with Crippen molar-refractivity contribution in [3.63, 3.8) is 0 Å². The lowest BCUT2D eigenvalue weighted by molar-refractivity contribution is -0.116. The molecule has 27 heavy (non-hydrogen) atoms. The van der Waals surface area contributed by atoms with Gasteiger partial charge in [0, 0.05) is 12.1 Å². The third-order valence-corrected chi connectivity index (χ3v) is 4.18. The molecule has 8 nitrogen and oxygen atoms in total. The zero-order chi connectivity index (χ0) is 19.6. The minimum absolute atomic E-state index is 0.141. The van der Waals surface area contributed by atoms with E-state index in [9.17, 15) is 14.4 Å². The van der Waals surface area contributed by atoms with Gasteiger partial charge in [0.1, 0.15) is 5.03 Å². The summed E-state index contributed by atoms with van der Waals surface area (Å²) in [6, 6.07) is 9.78. The molecule has 0 atom stereocenters. The summed E-state index contributed by atoms with van der Waals surface area (Å²) in [5, 5.41) is 13.8. The molecule has 0 spiro atoms. The molecule has 1 aromatic heterocycles. The quantitative estimate of drug-likeness (QED) is 0.528. The SMILES string of the molecule is CCOC(=O)c1ccc(NC(=O)CSc2ccc(NC(=O)CC)nn2)cc1. The second kappa shape index (κ2) is 10.3. The number of carbonyl (C=O) groups is 3. The van der Waals surface area contributed by atoms with Gasteiger partial charge in [-0.05, 0) is 43.3 Å². The molecule has 2 amide bonds. The number of esters is 1. The number of hydrogen-bond acceptors (Lipinski definition) is 7. The Morgan fingerprint density at radius 1 is 0.963 bits per heavy atom. The number of thioether (sulfide) groups is 1. The highest BCUT2D eigenvalue weighted by molar-refractivity contribution is 7.99. The maximum atomic E-state index is 12.0. The third kappa shape index (κ3) is 6.70. The Balaban J connectivity index is 1.82. The molecule has 0 bridgehead atoms. The fraction of sp³-hybridized carbons (Fsp3) is 0.278. The van der Waals surface area contributed by atoms with Crippen LogP contribution in [0, 0.1) is 0 Å². The van der Waals surface area contributed by atoms with Gasteiger partial charge in [0.2, 0.25) is 11.8 Å². The monoisotopic (exact) mass is 388 g/mol. The molecule has 0 aliphatic heterocycles. The molecule has 0 radical (unpaired) electrons. The first kappa shape index (κ1) is 20.4. The zero-order valence-corrected chi connectivity index (χ0v) is 15.8. The fourth-order valence-corrected chi connectivity index (χ4v) is 2.55. The van der Waals surface area contributed by atoms with Crippen LogP contribution in [0.4, 0.5) is 11.5 Å². The lowest BCUT2D eigenvalue weighted by atomic mass is 10.2. The number of rotatable bonds is 8. The van der Waals surface area contributed by atoms with E-state index < -0.39 is 5.97 Å². The first-order valence-electron chi connectivity index (χ1n) is 8.35. The molecule has 0 unspecified atom stereocenters. The third-order valence-electron chi connectivity index (χ3n) is 3.26. The van der Waals surface area contributed by atoms with Crippen LogP contribution in [-0.2, 0) is 14.3 Å². The van der Waals surface area contributed by atoms with Gasteiger partial charge >= 0.3 is 5.97 Å². The fourth-order valence-electron chi connectivity index (χ4n) is 1.94. The van der Waals surface area contributed by atoms with Gasteiger partial charge in [-0.3, -0.25) is 9.59 Å². The van der Waals surface area contributed by atoms with E-state index in [1.807, 2.05) is 0 Å². The molecule has 142 valence electrons. The van der Waals surface area contributed by atoms with E-state index in [0.29, 0.717) is 35.1 Å². The van der Waals surface area contributed by atoms with Gasteiger partial charge in [-0.1, -0.05) is 18.7 Å². The summed E-state index contributed by atoms with van der Waals surface area (Å²) in [6.45, 7) is 3.79. The van der Waals surface area contributed by atoms with E-state index in [2.05, 4.69) is 20.8 Å². The van der Waals surface area contributed by atoms with Crippen molar-refractivity contribution in [2.24, 2.45) is 0 Å². The predicted octanol–water partition coefficient (Wildman–Crippen LogP) is 2.73. The minimum Gasteiger partial charge on any atom is -0.462 e. The molecule has 9 heteroatoms. The van der Waals surface area contributed by atoms with Gasteiger partial charge in [-0.25, -0.2) is 4.79 Å². The van der Waals surface area contributed by atoms with E-state index in [1.54, 1.807) is 50.2 Å². The topological polar surface area (TPSA) is 110 Å². The van der Waals surface area contributed by atoms with Crippen LogP contribution in [0.25, 0.3) is 0 Å². The van der Waals surface area contributed by atoms with E-state index in [-0.39, 0.29) is 17.6 Å². The zero-order valence-electron chi connectivity index (χ0n) is 15.0. The van der Waals surface area contributed by atoms with Crippen molar-refractivity contribution >= 4 is 41.1 Å². The number of carbonyl (C=O) groups excluding carboxylic acids is 3. The Labute approximate surface area is 161 Å². The van der Waals surface area contributed by atoms with Gasteiger partial charge < -0.3 is 15.4 Å². The highest BCUT2D eigenvalue weighted by Crippen LogP contribution is 2.17. The van der Waals surface area contributed by atoms with Crippen LogP contribution in [0.2, 0.25) is 0 Å². The minimum atomic E-state index is -0.400. The maximum absolute atomic E-state index is 12.0. The van der Waals surface area contributed by atoms with Crippen LogP contribution in [0.3, 0.4) is 0 Å². The summed E-state index contributed by atoms with van der Waals surface area (Å²) in [7, 11) is 0. The van der Waals surface area contributed by atoms with E-state index >= 15 is 0 Å². The van der Waals surface area contributed by atoms with Crippen molar-refractivity contribution in [2.45, 2.75) is 25.3 Å². The molecule has 1 heterocycles. The molecular formula is C18H20N4O4S. The van der Waals surface area contributed by atoms with Crippen molar-refractivity contribution in [3.05, 3.63) is 42.0 Å². The Morgan fingerprint density at radius 2 is 1.70 bits per heavy atom. The molecule has 0 aliphatic carbocycles. The highest BCUT2D eigenvalue weighted by atomic mass is 32.2. The van der Waals surface area contributed by atoms with Gasteiger partial charge in [0.05, 0.1) is 17.9 Å². The van der Waals surface area contributed by atoms with Crippen LogP contribution in [-0.4, -0.2) is 40.3 Å². The molecular weight excluding hydrogens is 368 g/mol. The lowest BCUT2D eigenvalue weighted by Gasteiger charge is -2.06. The molecule has 2 aromatic rings. The number of nitrogens with one attached hydrogen (secondary N) is 2. The summed E-state index contributed by atoms with van der Waals surface area (Å²) >= 11 is 1.22. The number of anilines is 2. The van der Waals surface area contributed by atoms with Crippen molar-refractivity contribution in [3.8, 4) is 0 Å². The summed E-state index contributed by atoms with van der Waals surface area (Å²) in [5.74, 6) is -0.234. The van der Waals surface area contributed by atoms with Gasteiger partial charge in [-0.15, -0.1) is 10.2 Å². The van der Waals surface area contributed by atoms with Crippen molar-refractivity contribution in [1.82, 2.24) is 10.2 Å². The van der Waals surface area contributed by atoms with Gasteiger partial charge in [0.25, 0.3) is 0 Å². The first-order chi connectivity index (χ1) is 13.0. The van der Waals surface area contributed by atoms with Gasteiger partial charge in [-0.2, -0.15) is 0 Å². The summed E-state index contributed by atoms with van der Waals surface area (Å²) in [6.07, 6.45) is 0.360. The first-order valence-corrected chi connectivity index (χ1v) is 9.33. The van der Waals surface area contributed by atoms with Crippen LogP contribution in [0.5, 0.6) is 0 Å². The Bertz CT molecular complexity index is 794. The average molecular weight is 388 g/mol. The average Bonchev–Trinajstić information content (AvgIpc) is 2.68. The van der Waals surface area contributed by atoms with Gasteiger partial charge in [0.15, 0.2) is 5.82 Å². The Morgan fingerprint density at radius 3 is 2.30 bits per heavy atom. The number of hydrogen-bond donors (Lipinski definition) is 2. The smallest absolute Gasteiger partial charge is 0.338 e. The van der Waals surface area contributed by atoms with E-state index in [0.717, 1.165) is 0 Å². The number of ether oxygens (including phenoxy) is 1. The normalized spacial score (nSPS) is 10.1. The molecule has 1 aromatic carbocycles. The standard InChI is InChI=1S/C18H20N4O4S/c1-3-15(23)20-14-9-10-17(22-21-14)27-11-16(24)19-13-7-5-12(6-8-13)18(25)26-4-2/h5-10H,3-4,11H2,1-2H3,(H,19,24)(H,20,21,23). The largest absolute Gasteiger partial charge is 0.462 e. The van der Waals surface area contributed by atoms with Crippen molar-refractivity contribution in [2.75, 3.05) is 23.0 Å². The molecule has 0 saturated carbocycles. The van der Waals surface area contributed by atoms with E-state index in [4.69, 9.17) is 4.74 Å². The summed E-state index contributed by atoms with van der Waals surface area (Å²) in [5.41, 5.74) is 1.01. The second-order valence-corrected chi connectivity index (χ2v) is 6.29. The van der Waals surface area contributed by atoms with Crippen LogP contribution < -0.4 is 10.6 Å². The molecule has 0 aliphatic rings. The van der Waals surface area contributed by atoms with E-state index in [1.165, 1.54) is 11.8 Å². The molecule has 0 fully saturated rings. The van der Waals surface area contributed by atoms with Crippen molar-refractivity contribution < 1.29 is 19.1 Å². The Hall–Kier alpha value is -2.94. The Kier molecular flexibility index (Phi) is 7.75. The lowest BCUT2D eigenvalue weighted by Crippen LogP contribution is -2.14. The van der Waals surface area contributed by atoms with Crippen LogP contribution in [0.1, 0.15) is 30.6 Å². The highest BCUT2D eigenvalue weighted by Gasteiger charge is 2.08. The summed E-state index contributed by atoms with van der Waals surface area (Å²) in [4.78, 5) is 34.9. The molecule has 0 saturated heterocycles. The summed E-state index contributed by atoms with van der Waals surface area (Å²) < 4.78 is 4.91. The van der Waals surface area contributed by atoms with Crippen LogP contribution in [0.15, 0.2) is 41.4 Å². The molecule has 2 N–H and O–H groups in total. The number of amides is 2.